The first-order valence-corrected chi connectivity index (χ1v) is 12.2. The summed E-state index contributed by atoms with van der Waals surface area (Å²) < 4.78 is 11.5. The number of hydrogen-bond donors (Lipinski definition) is 0. The van der Waals surface area contributed by atoms with Gasteiger partial charge in [-0.05, 0) is 24.0 Å². The number of hydrazine groups is 2. The molecule has 3 aliphatic heterocycles. The lowest BCUT2D eigenvalue weighted by Gasteiger charge is -2.63. The average molecular weight is 465 g/mol. The molecule has 0 bridgehead atoms. The molecule has 0 radical (unpaired) electrons. The minimum atomic E-state index is -0.366. The molecule has 5 rings (SSSR count). The molecule has 3 aliphatic rings. The predicted octanol–water partition coefficient (Wildman–Crippen LogP) is 5.07. The van der Waals surface area contributed by atoms with Crippen LogP contribution in [0, 0.1) is 0 Å². The van der Waals surface area contributed by atoms with Crippen molar-refractivity contribution in [2.75, 3.05) is 13.2 Å². The molecule has 180 valence electrons. The first kappa shape index (κ1) is 22.7. The molecule has 2 unspecified atom stereocenters. The van der Waals surface area contributed by atoms with Gasteiger partial charge in [-0.2, -0.15) is 10.0 Å². The van der Waals surface area contributed by atoms with Gasteiger partial charge in [-0.25, -0.2) is 19.6 Å². The van der Waals surface area contributed by atoms with E-state index in [4.69, 9.17) is 9.47 Å². The fourth-order valence-electron chi connectivity index (χ4n) is 5.43. The normalized spacial score (nSPS) is 27.6. The van der Waals surface area contributed by atoms with Gasteiger partial charge in [0.2, 0.25) is 0 Å². The second kappa shape index (κ2) is 9.64. The van der Waals surface area contributed by atoms with Crippen molar-refractivity contribution in [1.29, 1.82) is 0 Å². The monoisotopic (exact) mass is 464 g/mol. The summed E-state index contributed by atoms with van der Waals surface area (Å²) in [6.07, 6.45) is 1.62. The number of nitrogens with zero attached hydrogens (tertiary/aromatic N) is 4. The quantitative estimate of drug-likeness (QED) is 0.595. The lowest BCUT2D eigenvalue weighted by Crippen LogP contribution is -2.78. The maximum atomic E-state index is 13.3. The molecule has 34 heavy (non-hydrogen) atoms. The summed E-state index contributed by atoms with van der Waals surface area (Å²) in [5, 5.41) is 7.71. The van der Waals surface area contributed by atoms with E-state index in [-0.39, 0.29) is 49.8 Å². The maximum Gasteiger partial charge on any atom is 0.426 e. The minimum Gasteiger partial charge on any atom is -0.446 e. The van der Waals surface area contributed by atoms with Crippen LogP contribution in [0.5, 0.6) is 0 Å². The maximum absolute atomic E-state index is 13.3. The van der Waals surface area contributed by atoms with Crippen molar-refractivity contribution >= 4 is 12.2 Å². The van der Waals surface area contributed by atoms with Crippen molar-refractivity contribution in [3.05, 3.63) is 71.8 Å². The van der Waals surface area contributed by atoms with Crippen LogP contribution in [0.15, 0.2) is 60.7 Å². The molecule has 3 fully saturated rings. The zero-order chi connectivity index (χ0) is 23.7. The average Bonchev–Trinajstić information content (AvgIpc) is 2.87. The van der Waals surface area contributed by atoms with Crippen LogP contribution >= 0.6 is 0 Å². The number of carbonyl (C=O) groups excluding carboxylic acids is 2. The molecule has 8 heteroatoms. The Bertz CT molecular complexity index is 923. The van der Waals surface area contributed by atoms with E-state index < -0.39 is 0 Å². The summed E-state index contributed by atoms with van der Waals surface area (Å²) in [5.74, 6) is 0. The van der Waals surface area contributed by atoms with Gasteiger partial charge in [0.15, 0.2) is 0 Å². The Hall–Kier alpha value is -3.10. The van der Waals surface area contributed by atoms with E-state index in [2.05, 4.69) is 23.9 Å². The summed E-state index contributed by atoms with van der Waals surface area (Å²) in [4.78, 5) is 26.7. The number of cyclic esters (lactones) is 2. The highest BCUT2D eigenvalue weighted by atomic mass is 16.6. The molecular formula is C26H32N4O4. The highest BCUT2D eigenvalue weighted by Gasteiger charge is 2.57. The van der Waals surface area contributed by atoms with Gasteiger partial charge in [-0.15, -0.1) is 0 Å². The van der Waals surface area contributed by atoms with E-state index in [1.54, 1.807) is 10.0 Å². The van der Waals surface area contributed by atoms with Crippen LogP contribution in [0.1, 0.15) is 62.7 Å². The second-order valence-electron chi connectivity index (χ2n) is 8.99. The fourth-order valence-corrected chi connectivity index (χ4v) is 5.43. The van der Waals surface area contributed by atoms with Crippen molar-refractivity contribution in [2.24, 2.45) is 0 Å². The van der Waals surface area contributed by atoms with Crippen LogP contribution < -0.4 is 0 Å². The number of ether oxygens (including phenoxy) is 2. The largest absolute Gasteiger partial charge is 0.446 e. The van der Waals surface area contributed by atoms with Gasteiger partial charge >= 0.3 is 12.2 Å². The van der Waals surface area contributed by atoms with Crippen LogP contribution in [0.4, 0.5) is 9.59 Å². The first-order valence-electron chi connectivity index (χ1n) is 12.2. The Balaban J connectivity index is 1.64. The molecule has 0 spiro atoms. The standard InChI is InChI=1S/C26H32N4O4/c1-3-11-23-27-21(19-13-7-5-8-14-19)17-34-26(32)30(27)24(12-4-2)28-22(18-33-25(31)29(23)28)20-15-9-6-10-16-20/h5-10,13-16,21-24H,3-4,11-12,17-18H2,1-2H3/t21-,22+,23?,24?. The topological polar surface area (TPSA) is 65.6 Å². The highest BCUT2D eigenvalue weighted by molar-refractivity contribution is 5.71. The van der Waals surface area contributed by atoms with E-state index in [1.807, 2.05) is 60.7 Å². The van der Waals surface area contributed by atoms with Crippen LogP contribution in [0.2, 0.25) is 0 Å². The number of hydrogen-bond acceptors (Lipinski definition) is 6. The van der Waals surface area contributed by atoms with Gasteiger partial charge < -0.3 is 9.47 Å². The number of rotatable bonds is 6. The molecule has 0 saturated carbocycles. The van der Waals surface area contributed by atoms with Crippen LogP contribution in [0.25, 0.3) is 0 Å². The minimum absolute atomic E-state index is 0.193. The molecule has 4 atom stereocenters. The third-order valence-corrected chi connectivity index (χ3v) is 6.88. The Kier molecular flexibility index (Phi) is 6.43. The second-order valence-corrected chi connectivity index (χ2v) is 8.99. The predicted molar refractivity (Wildman–Crippen MR) is 126 cm³/mol. The highest BCUT2D eigenvalue weighted by Crippen LogP contribution is 2.44. The third-order valence-electron chi connectivity index (χ3n) is 6.88. The van der Waals surface area contributed by atoms with Crippen LogP contribution in [-0.4, -0.2) is 57.8 Å². The molecule has 0 N–H and O–H groups in total. The number of fused-ring (bicyclic) bond motifs is 2. The molecule has 0 aliphatic carbocycles. The summed E-state index contributed by atoms with van der Waals surface area (Å²) in [5.41, 5.74) is 2.10. The number of benzene rings is 2. The molecule has 3 saturated heterocycles. The molecule has 0 aromatic heterocycles. The summed E-state index contributed by atoms with van der Waals surface area (Å²) in [6, 6.07) is 19.7. The number of carbonyl (C=O) groups is 2. The van der Waals surface area contributed by atoms with Crippen molar-refractivity contribution < 1.29 is 19.1 Å². The van der Waals surface area contributed by atoms with Crippen LogP contribution in [0.3, 0.4) is 0 Å². The third kappa shape index (κ3) is 3.80. The Labute approximate surface area is 200 Å². The Morgan fingerprint density at radius 1 is 0.676 bits per heavy atom. The molecule has 2 amide bonds. The Morgan fingerprint density at radius 2 is 1.06 bits per heavy atom. The SMILES string of the molecule is CCCC1N2C(=O)OC[C@@H](c3ccccc3)N2C(CCC)N2C(=O)OC[C@H](c3ccccc3)N12. The zero-order valence-electron chi connectivity index (χ0n) is 19.7. The van der Waals surface area contributed by atoms with Gasteiger partial charge in [-0.1, -0.05) is 87.4 Å². The number of amides is 2. The van der Waals surface area contributed by atoms with E-state index in [9.17, 15) is 9.59 Å². The van der Waals surface area contributed by atoms with Crippen molar-refractivity contribution in [1.82, 2.24) is 20.0 Å². The van der Waals surface area contributed by atoms with E-state index in [1.165, 1.54) is 0 Å². The molecular weight excluding hydrogens is 432 g/mol. The lowest BCUT2D eigenvalue weighted by atomic mass is 10.0. The van der Waals surface area contributed by atoms with Gasteiger partial charge in [0, 0.05) is 0 Å². The fraction of sp³-hybridized carbons (Fsp3) is 0.462. The van der Waals surface area contributed by atoms with Gasteiger partial charge in [0.1, 0.15) is 25.5 Å². The zero-order valence-corrected chi connectivity index (χ0v) is 19.7. The molecule has 2 aromatic rings. The van der Waals surface area contributed by atoms with Crippen molar-refractivity contribution in [3.8, 4) is 0 Å². The van der Waals surface area contributed by atoms with E-state index in [0.717, 1.165) is 24.0 Å². The first-order chi connectivity index (χ1) is 16.7. The smallest absolute Gasteiger partial charge is 0.426 e. The summed E-state index contributed by atoms with van der Waals surface area (Å²) in [6.45, 7) is 4.67. The molecule has 8 nitrogen and oxygen atoms in total. The van der Waals surface area contributed by atoms with Crippen LogP contribution in [-0.2, 0) is 9.47 Å². The van der Waals surface area contributed by atoms with Gasteiger partial charge in [0.25, 0.3) is 0 Å². The van der Waals surface area contributed by atoms with E-state index in [0.29, 0.717) is 12.8 Å². The van der Waals surface area contributed by atoms with Crippen molar-refractivity contribution in [3.63, 3.8) is 0 Å². The van der Waals surface area contributed by atoms with Crippen molar-refractivity contribution in [2.45, 2.75) is 63.9 Å². The Morgan fingerprint density at radius 3 is 1.41 bits per heavy atom. The van der Waals surface area contributed by atoms with Gasteiger partial charge in [-0.3, -0.25) is 0 Å². The summed E-state index contributed by atoms with van der Waals surface area (Å²) >= 11 is 0. The lowest BCUT2D eigenvalue weighted by molar-refractivity contribution is -0.323. The van der Waals surface area contributed by atoms with Gasteiger partial charge in [0.05, 0.1) is 12.1 Å². The summed E-state index contributed by atoms with van der Waals surface area (Å²) in [7, 11) is 0. The molecule has 2 aromatic carbocycles. The molecule has 3 heterocycles. The van der Waals surface area contributed by atoms with E-state index >= 15 is 0 Å².